The van der Waals surface area contributed by atoms with Gasteiger partial charge in [0.05, 0.1) is 11.6 Å². The van der Waals surface area contributed by atoms with Gasteiger partial charge in [0, 0.05) is 24.9 Å². The summed E-state index contributed by atoms with van der Waals surface area (Å²) in [6.45, 7) is 2.19. The molecule has 0 spiro atoms. The van der Waals surface area contributed by atoms with Crippen LogP contribution in [0.1, 0.15) is 42.9 Å². The first-order valence-corrected chi connectivity index (χ1v) is 9.15. The normalized spacial score (nSPS) is 17.4. The minimum absolute atomic E-state index is 0.577. The number of anilines is 1. The van der Waals surface area contributed by atoms with Crippen LogP contribution in [0.4, 0.5) is 5.95 Å². The Morgan fingerprint density at radius 3 is 2.78 bits per heavy atom. The molecule has 1 saturated heterocycles. The molecule has 5 nitrogen and oxygen atoms in total. The number of thioether (sulfide) groups is 1. The van der Waals surface area contributed by atoms with Gasteiger partial charge >= 0.3 is 0 Å². The SMILES string of the molecule is N#Cc1cccc(CSc2nnc(N3CCCC3)n2C2CC2)c1. The summed E-state index contributed by atoms with van der Waals surface area (Å²) in [5.41, 5.74) is 1.87. The third-order valence-corrected chi connectivity index (χ3v) is 5.39. The van der Waals surface area contributed by atoms with Crippen LogP contribution >= 0.6 is 11.8 Å². The van der Waals surface area contributed by atoms with Gasteiger partial charge in [-0.3, -0.25) is 4.57 Å². The Bertz CT molecular complexity index is 738. The quantitative estimate of drug-likeness (QED) is 0.789. The second kappa shape index (κ2) is 6.25. The molecule has 0 radical (unpaired) electrons. The third kappa shape index (κ3) is 3.06. The summed E-state index contributed by atoms with van der Waals surface area (Å²) < 4.78 is 2.34. The lowest BCUT2D eigenvalue weighted by molar-refractivity contribution is 0.651. The minimum Gasteiger partial charge on any atom is -0.341 e. The van der Waals surface area contributed by atoms with Crippen LogP contribution in [0.2, 0.25) is 0 Å². The van der Waals surface area contributed by atoms with E-state index in [0.29, 0.717) is 11.6 Å². The predicted molar refractivity (Wildman–Crippen MR) is 90.5 cm³/mol. The van der Waals surface area contributed by atoms with Crippen molar-refractivity contribution in [2.75, 3.05) is 18.0 Å². The maximum Gasteiger partial charge on any atom is 0.228 e. The van der Waals surface area contributed by atoms with Crippen molar-refractivity contribution >= 4 is 17.7 Å². The highest BCUT2D eigenvalue weighted by atomic mass is 32.2. The van der Waals surface area contributed by atoms with Crippen molar-refractivity contribution in [3.8, 4) is 6.07 Å². The zero-order valence-corrected chi connectivity index (χ0v) is 13.8. The molecular formula is C17H19N5S. The molecule has 4 rings (SSSR count). The van der Waals surface area contributed by atoms with Gasteiger partial charge in [-0.15, -0.1) is 10.2 Å². The van der Waals surface area contributed by atoms with Gasteiger partial charge < -0.3 is 4.90 Å². The Balaban J connectivity index is 1.53. The first-order valence-electron chi connectivity index (χ1n) is 8.17. The summed E-state index contributed by atoms with van der Waals surface area (Å²) in [5, 5.41) is 18.9. The smallest absolute Gasteiger partial charge is 0.228 e. The lowest BCUT2D eigenvalue weighted by Crippen LogP contribution is -2.22. The summed E-state index contributed by atoms with van der Waals surface area (Å²) in [7, 11) is 0. The van der Waals surface area contributed by atoms with Crippen LogP contribution in [0.25, 0.3) is 0 Å². The molecule has 118 valence electrons. The topological polar surface area (TPSA) is 57.7 Å². The molecule has 1 saturated carbocycles. The van der Waals surface area contributed by atoms with Gasteiger partial charge in [0.15, 0.2) is 5.16 Å². The zero-order valence-electron chi connectivity index (χ0n) is 13.0. The molecule has 0 N–H and O–H groups in total. The third-order valence-electron chi connectivity index (χ3n) is 4.37. The van der Waals surface area contributed by atoms with Crippen LogP contribution in [0.5, 0.6) is 0 Å². The van der Waals surface area contributed by atoms with E-state index in [0.717, 1.165) is 35.5 Å². The average Bonchev–Trinajstić information content (AvgIpc) is 3.12. The van der Waals surface area contributed by atoms with Gasteiger partial charge in [0.1, 0.15) is 0 Å². The van der Waals surface area contributed by atoms with E-state index in [2.05, 4.69) is 31.8 Å². The van der Waals surface area contributed by atoms with E-state index in [-0.39, 0.29) is 0 Å². The molecule has 2 aromatic rings. The van der Waals surface area contributed by atoms with Crippen LogP contribution in [-0.2, 0) is 5.75 Å². The largest absolute Gasteiger partial charge is 0.341 e. The maximum atomic E-state index is 9.01. The second-order valence-corrected chi connectivity index (χ2v) is 7.12. The fraction of sp³-hybridized carbons (Fsp3) is 0.471. The summed E-state index contributed by atoms with van der Waals surface area (Å²) in [5.74, 6) is 1.87. The van der Waals surface area contributed by atoms with Crippen molar-refractivity contribution in [1.82, 2.24) is 14.8 Å². The van der Waals surface area contributed by atoms with Crippen molar-refractivity contribution in [2.24, 2.45) is 0 Å². The predicted octanol–water partition coefficient (Wildman–Crippen LogP) is 3.38. The Kier molecular flexibility index (Phi) is 3.96. The van der Waals surface area contributed by atoms with E-state index in [1.54, 1.807) is 11.8 Å². The van der Waals surface area contributed by atoms with E-state index in [4.69, 9.17) is 5.26 Å². The molecule has 0 amide bonds. The Morgan fingerprint density at radius 1 is 1.22 bits per heavy atom. The number of hydrogen-bond acceptors (Lipinski definition) is 5. The molecule has 2 fully saturated rings. The van der Waals surface area contributed by atoms with Crippen LogP contribution in [-0.4, -0.2) is 27.9 Å². The van der Waals surface area contributed by atoms with Crippen molar-refractivity contribution in [3.05, 3.63) is 35.4 Å². The van der Waals surface area contributed by atoms with E-state index in [1.165, 1.54) is 25.7 Å². The summed E-state index contributed by atoms with van der Waals surface area (Å²) in [6.07, 6.45) is 4.97. The number of nitrogens with zero attached hydrogens (tertiary/aromatic N) is 5. The van der Waals surface area contributed by atoms with Gasteiger partial charge in [-0.2, -0.15) is 5.26 Å². The van der Waals surface area contributed by atoms with Gasteiger partial charge in [-0.1, -0.05) is 23.9 Å². The first kappa shape index (κ1) is 14.6. The molecule has 23 heavy (non-hydrogen) atoms. The summed E-state index contributed by atoms with van der Waals surface area (Å²) >= 11 is 1.72. The van der Waals surface area contributed by atoms with Gasteiger partial charge in [0.2, 0.25) is 5.95 Å². The lowest BCUT2D eigenvalue weighted by atomic mass is 10.2. The molecule has 2 heterocycles. The van der Waals surface area contributed by atoms with E-state index in [9.17, 15) is 0 Å². The zero-order chi connectivity index (χ0) is 15.6. The van der Waals surface area contributed by atoms with Crippen LogP contribution in [0, 0.1) is 11.3 Å². The molecule has 6 heteroatoms. The maximum absolute atomic E-state index is 9.01. The van der Waals surface area contributed by atoms with Crippen LogP contribution in [0.3, 0.4) is 0 Å². The number of aromatic nitrogens is 3. The monoisotopic (exact) mass is 325 g/mol. The molecule has 0 unspecified atom stereocenters. The molecule has 2 aliphatic rings. The van der Waals surface area contributed by atoms with Crippen LogP contribution < -0.4 is 4.90 Å². The second-order valence-electron chi connectivity index (χ2n) is 6.18. The highest BCUT2D eigenvalue weighted by Gasteiger charge is 2.32. The fourth-order valence-corrected chi connectivity index (χ4v) is 3.98. The molecule has 1 aromatic carbocycles. The lowest BCUT2D eigenvalue weighted by Gasteiger charge is -2.17. The summed E-state index contributed by atoms with van der Waals surface area (Å²) in [4.78, 5) is 2.37. The van der Waals surface area contributed by atoms with E-state index in [1.807, 2.05) is 18.2 Å². The first-order chi connectivity index (χ1) is 11.3. The van der Waals surface area contributed by atoms with Gasteiger partial charge in [0.25, 0.3) is 0 Å². The van der Waals surface area contributed by atoms with Gasteiger partial charge in [-0.05, 0) is 43.4 Å². The van der Waals surface area contributed by atoms with E-state index >= 15 is 0 Å². The fourth-order valence-electron chi connectivity index (χ4n) is 3.03. The Labute approximate surface area is 140 Å². The van der Waals surface area contributed by atoms with Crippen molar-refractivity contribution in [2.45, 2.75) is 42.6 Å². The molecular weight excluding hydrogens is 306 g/mol. The molecule has 1 aliphatic heterocycles. The highest BCUT2D eigenvalue weighted by Crippen LogP contribution is 2.41. The van der Waals surface area contributed by atoms with Crippen molar-refractivity contribution < 1.29 is 0 Å². The number of rotatable bonds is 5. The number of benzene rings is 1. The summed E-state index contributed by atoms with van der Waals surface area (Å²) in [6, 6.07) is 10.6. The minimum atomic E-state index is 0.577. The molecule has 1 aliphatic carbocycles. The molecule has 0 atom stereocenters. The number of nitriles is 1. The Morgan fingerprint density at radius 2 is 2.04 bits per heavy atom. The number of hydrogen-bond donors (Lipinski definition) is 0. The standard InChI is InChI=1S/C17H19N5S/c18-11-13-4-3-5-14(10-13)12-23-17-20-19-16(21-8-1-2-9-21)22(17)15-6-7-15/h3-5,10,15H,1-2,6-9,12H2. The molecule has 1 aromatic heterocycles. The average molecular weight is 325 g/mol. The van der Waals surface area contributed by atoms with Crippen LogP contribution in [0.15, 0.2) is 29.4 Å². The Hall–Kier alpha value is -2.00. The van der Waals surface area contributed by atoms with Crippen molar-refractivity contribution in [3.63, 3.8) is 0 Å². The van der Waals surface area contributed by atoms with E-state index < -0.39 is 0 Å². The van der Waals surface area contributed by atoms with Gasteiger partial charge in [-0.25, -0.2) is 0 Å². The molecule has 0 bridgehead atoms. The van der Waals surface area contributed by atoms with Crippen molar-refractivity contribution in [1.29, 1.82) is 5.26 Å². The highest BCUT2D eigenvalue weighted by molar-refractivity contribution is 7.98.